The number of hydrogen-bond acceptors (Lipinski definition) is 2. The molecule has 2 rings (SSSR count). The molecule has 0 bridgehead atoms. The fourth-order valence-electron chi connectivity index (χ4n) is 2.22. The van der Waals surface area contributed by atoms with Crippen molar-refractivity contribution in [1.82, 2.24) is 4.72 Å². The van der Waals surface area contributed by atoms with Crippen molar-refractivity contribution in [3.63, 3.8) is 0 Å². The smallest absolute Gasteiger partial charge is 0.214 e. The van der Waals surface area contributed by atoms with Gasteiger partial charge in [0.05, 0.1) is 5.75 Å². The second kappa shape index (κ2) is 6.87. The van der Waals surface area contributed by atoms with Gasteiger partial charge in [0.1, 0.15) is 0 Å². The van der Waals surface area contributed by atoms with Gasteiger partial charge in [0.25, 0.3) is 0 Å². The molecule has 0 saturated heterocycles. The van der Waals surface area contributed by atoms with E-state index in [-0.39, 0.29) is 11.7 Å². The summed E-state index contributed by atoms with van der Waals surface area (Å²) in [5.41, 5.74) is 3.02. The van der Waals surface area contributed by atoms with Gasteiger partial charge in [0, 0.05) is 6.54 Å². The molecular formula is C17H21NO2S. The lowest BCUT2D eigenvalue weighted by atomic mass is 10.0. The summed E-state index contributed by atoms with van der Waals surface area (Å²) in [4.78, 5) is 0. The maximum absolute atomic E-state index is 12.1. The topological polar surface area (TPSA) is 46.2 Å². The standard InChI is InChI=1S/C17H21NO2S/c1-14-7-6-8-16(11-14)13-21(19,20)18-12-15(2)17-9-4-3-5-10-17/h3-11,15,18H,12-13H2,1-2H3. The summed E-state index contributed by atoms with van der Waals surface area (Å²) in [7, 11) is -3.30. The first-order valence-electron chi connectivity index (χ1n) is 7.04. The molecule has 1 atom stereocenters. The SMILES string of the molecule is Cc1cccc(CS(=O)(=O)NCC(C)c2ccccc2)c1. The van der Waals surface area contributed by atoms with Gasteiger partial charge >= 0.3 is 0 Å². The van der Waals surface area contributed by atoms with E-state index < -0.39 is 10.0 Å². The quantitative estimate of drug-likeness (QED) is 0.890. The molecule has 2 aromatic carbocycles. The number of hydrogen-bond donors (Lipinski definition) is 1. The molecule has 1 N–H and O–H groups in total. The second-order valence-electron chi connectivity index (χ2n) is 5.41. The van der Waals surface area contributed by atoms with Crippen LogP contribution in [0.15, 0.2) is 54.6 Å². The van der Waals surface area contributed by atoms with E-state index in [1.54, 1.807) is 0 Å². The highest BCUT2D eigenvalue weighted by Crippen LogP contribution is 2.14. The van der Waals surface area contributed by atoms with Crippen molar-refractivity contribution in [3.05, 3.63) is 71.3 Å². The molecule has 21 heavy (non-hydrogen) atoms. The zero-order chi connectivity index (χ0) is 15.3. The molecule has 0 amide bonds. The summed E-state index contributed by atoms with van der Waals surface area (Å²) in [6.07, 6.45) is 0. The number of sulfonamides is 1. The van der Waals surface area contributed by atoms with Gasteiger partial charge in [0.15, 0.2) is 0 Å². The van der Waals surface area contributed by atoms with Gasteiger partial charge in [-0.1, -0.05) is 67.1 Å². The molecule has 4 heteroatoms. The van der Waals surface area contributed by atoms with Crippen LogP contribution in [0.4, 0.5) is 0 Å². The average molecular weight is 303 g/mol. The van der Waals surface area contributed by atoms with Gasteiger partial charge in [-0.15, -0.1) is 0 Å². The Hall–Kier alpha value is -1.65. The minimum absolute atomic E-state index is 0.0240. The maximum Gasteiger partial charge on any atom is 0.215 e. The monoisotopic (exact) mass is 303 g/mol. The highest BCUT2D eigenvalue weighted by Gasteiger charge is 2.14. The van der Waals surface area contributed by atoms with Crippen molar-refractivity contribution in [3.8, 4) is 0 Å². The minimum atomic E-state index is -3.30. The predicted octanol–water partition coefficient (Wildman–Crippen LogP) is 3.22. The molecule has 3 nitrogen and oxygen atoms in total. The number of nitrogens with one attached hydrogen (secondary N) is 1. The maximum atomic E-state index is 12.1. The lowest BCUT2D eigenvalue weighted by molar-refractivity contribution is 0.574. The molecule has 0 saturated carbocycles. The molecule has 1 unspecified atom stereocenters. The number of benzene rings is 2. The summed E-state index contributed by atoms with van der Waals surface area (Å²) >= 11 is 0. The van der Waals surface area contributed by atoms with E-state index in [1.165, 1.54) is 0 Å². The number of aryl methyl sites for hydroxylation is 1. The zero-order valence-corrected chi connectivity index (χ0v) is 13.2. The van der Waals surface area contributed by atoms with Gasteiger partial charge in [-0.3, -0.25) is 0 Å². The largest absolute Gasteiger partial charge is 0.215 e. The van der Waals surface area contributed by atoms with E-state index in [2.05, 4.69) is 4.72 Å². The van der Waals surface area contributed by atoms with E-state index in [0.29, 0.717) is 6.54 Å². The van der Waals surface area contributed by atoms with Crippen LogP contribution in [-0.2, 0) is 15.8 Å². The summed E-state index contributed by atoms with van der Waals surface area (Å²) in [6, 6.07) is 17.5. The van der Waals surface area contributed by atoms with Crippen molar-refractivity contribution in [2.45, 2.75) is 25.5 Å². The molecule has 0 fully saturated rings. The lowest BCUT2D eigenvalue weighted by Gasteiger charge is -2.13. The third-order valence-corrected chi connectivity index (χ3v) is 4.74. The highest BCUT2D eigenvalue weighted by molar-refractivity contribution is 7.88. The molecule has 112 valence electrons. The van der Waals surface area contributed by atoms with Gasteiger partial charge in [0.2, 0.25) is 10.0 Å². The normalized spacial score (nSPS) is 13.0. The van der Waals surface area contributed by atoms with Crippen LogP contribution >= 0.6 is 0 Å². The van der Waals surface area contributed by atoms with Crippen molar-refractivity contribution in [2.75, 3.05) is 6.54 Å². The first-order chi connectivity index (χ1) is 9.96. The van der Waals surface area contributed by atoms with Crippen LogP contribution < -0.4 is 4.72 Å². The van der Waals surface area contributed by atoms with Crippen LogP contribution in [0.3, 0.4) is 0 Å². The van der Waals surface area contributed by atoms with Crippen molar-refractivity contribution in [2.24, 2.45) is 0 Å². The van der Waals surface area contributed by atoms with Gasteiger partial charge in [-0.25, -0.2) is 13.1 Å². The molecule has 0 radical (unpaired) electrons. The molecular weight excluding hydrogens is 282 g/mol. The van der Waals surface area contributed by atoms with Gasteiger partial charge in [-0.05, 0) is 24.0 Å². The van der Waals surface area contributed by atoms with Crippen molar-refractivity contribution < 1.29 is 8.42 Å². The molecule has 0 aliphatic carbocycles. The Balaban J connectivity index is 1.95. The van der Waals surface area contributed by atoms with Crippen molar-refractivity contribution >= 4 is 10.0 Å². The molecule has 0 heterocycles. The Morgan fingerprint density at radius 2 is 1.76 bits per heavy atom. The Bertz CT molecular complexity index is 681. The highest BCUT2D eigenvalue weighted by atomic mass is 32.2. The second-order valence-corrected chi connectivity index (χ2v) is 7.22. The molecule has 2 aromatic rings. The molecule has 0 aliphatic heterocycles. The Labute approximate surface area is 127 Å². The lowest BCUT2D eigenvalue weighted by Crippen LogP contribution is -2.28. The summed E-state index contributed by atoms with van der Waals surface area (Å²) < 4.78 is 27.0. The van der Waals surface area contributed by atoms with Crippen LogP contribution in [0, 0.1) is 6.92 Å². The zero-order valence-electron chi connectivity index (χ0n) is 12.4. The van der Waals surface area contributed by atoms with E-state index >= 15 is 0 Å². The molecule has 0 spiro atoms. The fraction of sp³-hybridized carbons (Fsp3) is 0.294. The van der Waals surface area contributed by atoms with Crippen LogP contribution in [0.25, 0.3) is 0 Å². The molecule has 0 aliphatic rings. The van der Waals surface area contributed by atoms with Gasteiger partial charge in [-0.2, -0.15) is 0 Å². The van der Waals surface area contributed by atoms with Crippen LogP contribution in [0.1, 0.15) is 29.5 Å². The first-order valence-corrected chi connectivity index (χ1v) is 8.69. The Morgan fingerprint density at radius 3 is 2.43 bits per heavy atom. The summed E-state index contributed by atoms with van der Waals surface area (Å²) in [5, 5.41) is 0. The Morgan fingerprint density at radius 1 is 1.05 bits per heavy atom. The average Bonchev–Trinajstić information content (AvgIpc) is 2.45. The van der Waals surface area contributed by atoms with Crippen LogP contribution in [0.5, 0.6) is 0 Å². The van der Waals surface area contributed by atoms with E-state index in [0.717, 1.165) is 16.7 Å². The van der Waals surface area contributed by atoms with Crippen LogP contribution in [-0.4, -0.2) is 15.0 Å². The fourth-order valence-corrected chi connectivity index (χ4v) is 3.45. The van der Waals surface area contributed by atoms with Gasteiger partial charge < -0.3 is 0 Å². The van der Waals surface area contributed by atoms with Crippen LogP contribution in [0.2, 0.25) is 0 Å². The van der Waals surface area contributed by atoms with E-state index in [4.69, 9.17) is 0 Å². The minimum Gasteiger partial charge on any atom is -0.214 e. The summed E-state index contributed by atoms with van der Waals surface area (Å²) in [6.45, 7) is 4.39. The molecule has 0 aromatic heterocycles. The van der Waals surface area contributed by atoms with E-state index in [9.17, 15) is 8.42 Å². The third kappa shape index (κ3) is 4.99. The third-order valence-electron chi connectivity index (χ3n) is 3.42. The predicted molar refractivity (Wildman–Crippen MR) is 86.7 cm³/mol. The first kappa shape index (κ1) is 15.7. The summed E-state index contributed by atoms with van der Waals surface area (Å²) in [5.74, 6) is 0.175. The Kier molecular flexibility index (Phi) is 5.15. The van der Waals surface area contributed by atoms with Crippen molar-refractivity contribution in [1.29, 1.82) is 0 Å². The number of rotatable bonds is 6. The van der Waals surface area contributed by atoms with E-state index in [1.807, 2.05) is 68.4 Å².